The fourth-order valence-corrected chi connectivity index (χ4v) is 5.58. The molecule has 0 bridgehead atoms. The summed E-state index contributed by atoms with van der Waals surface area (Å²) < 4.78 is 31.6. The predicted molar refractivity (Wildman–Crippen MR) is 89.4 cm³/mol. The zero-order valence-corrected chi connectivity index (χ0v) is 14.6. The maximum atomic E-state index is 12.9. The molecule has 0 amide bonds. The van der Waals surface area contributed by atoms with Gasteiger partial charge in [-0.05, 0) is 5.56 Å². The van der Waals surface area contributed by atoms with Gasteiger partial charge < -0.3 is 10.5 Å². The minimum Gasteiger partial charge on any atom is -0.464 e. The van der Waals surface area contributed by atoms with Crippen LogP contribution in [0.15, 0.2) is 40.1 Å². The molecule has 1 aliphatic heterocycles. The summed E-state index contributed by atoms with van der Waals surface area (Å²) in [5, 5.41) is 0. The third-order valence-electron chi connectivity index (χ3n) is 4.05. The third kappa shape index (κ3) is 2.95. The number of thiazole rings is 1. The van der Waals surface area contributed by atoms with Gasteiger partial charge in [-0.25, -0.2) is 18.2 Å². The SMILES string of the molecule is COC(=O)c1ncsc1S(=O)(=O)N1C[C@@H](N)[C@H](c2ccccc2)C1. The summed E-state index contributed by atoms with van der Waals surface area (Å²) in [7, 11) is -2.66. The van der Waals surface area contributed by atoms with Gasteiger partial charge in [-0.1, -0.05) is 30.3 Å². The normalized spacial score (nSPS) is 21.8. The number of aromatic nitrogens is 1. The predicted octanol–water partition coefficient (Wildman–Crippen LogP) is 1.05. The highest BCUT2D eigenvalue weighted by Gasteiger charge is 2.40. The number of methoxy groups -OCH3 is 1. The average Bonchev–Trinajstić information content (AvgIpc) is 3.22. The van der Waals surface area contributed by atoms with Gasteiger partial charge in [0, 0.05) is 25.0 Å². The molecule has 2 aromatic rings. The molecule has 2 atom stereocenters. The van der Waals surface area contributed by atoms with Gasteiger partial charge >= 0.3 is 5.97 Å². The highest BCUT2D eigenvalue weighted by Crippen LogP contribution is 2.32. The summed E-state index contributed by atoms with van der Waals surface area (Å²) >= 11 is 0.903. The Bertz CT molecular complexity index is 835. The second kappa shape index (κ2) is 6.60. The van der Waals surface area contributed by atoms with Gasteiger partial charge in [0.25, 0.3) is 10.0 Å². The van der Waals surface area contributed by atoms with E-state index in [-0.39, 0.29) is 35.0 Å². The fourth-order valence-electron chi connectivity index (χ4n) is 2.81. The summed E-state index contributed by atoms with van der Waals surface area (Å²) in [6.45, 7) is 0.465. The van der Waals surface area contributed by atoms with Gasteiger partial charge in [0.15, 0.2) is 9.90 Å². The van der Waals surface area contributed by atoms with Crippen molar-refractivity contribution in [1.29, 1.82) is 0 Å². The van der Waals surface area contributed by atoms with Gasteiger partial charge in [0.2, 0.25) is 0 Å². The summed E-state index contributed by atoms with van der Waals surface area (Å²) in [6, 6.07) is 9.27. The Kier molecular flexibility index (Phi) is 4.68. The number of sulfonamides is 1. The van der Waals surface area contributed by atoms with Crippen LogP contribution in [0.1, 0.15) is 22.0 Å². The van der Waals surface area contributed by atoms with E-state index in [0.717, 1.165) is 16.9 Å². The molecule has 0 radical (unpaired) electrons. The lowest BCUT2D eigenvalue weighted by Crippen LogP contribution is -2.32. The standard InChI is InChI=1S/C15H17N3O4S2/c1-22-14(19)13-15(23-9-17-13)24(20,21)18-7-11(12(16)8-18)10-5-3-2-4-6-10/h2-6,9,11-12H,7-8,16H2,1H3/t11-,12+/m0/s1. The van der Waals surface area contributed by atoms with E-state index in [1.165, 1.54) is 16.9 Å². The molecular formula is C15H17N3O4S2. The maximum absolute atomic E-state index is 12.9. The number of hydrogen-bond donors (Lipinski definition) is 1. The third-order valence-corrected chi connectivity index (χ3v) is 7.23. The van der Waals surface area contributed by atoms with E-state index < -0.39 is 16.0 Å². The number of esters is 1. The van der Waals surface area contributed by atoms with Gasteiger partial charge in [-0.2, -0.15) is 4.31 Å². The average molecular weight is 367 g/mol. The highest BCUT2D eigenvalue weighted by atomic mass is 32.2. The number of hydrogen-bond acceptors (Lipinski definition) is 7. The Balaban J connectivity index is 1.90. The Hall–Kier alpha value is -1.81. The van der Waals surface area contributed by atoms with E-state index in [4.69, 9.17) is 5.73 Å². The lowest BCUT2D eigenvalue weighted by atomic mass is 9.95. The van der Waals surface area contributed by atoms with E-state index in [1.807, 2.05) is 30.3 Å². The second-order valence-corrected chi connectivity index (χ2v) is 8.47. The van der Waals surface area contributed by atoms with Crippen molar-refractivity contribution in [2.45, 2.75) is 16.2 Å². The quantitative estimate of drug-likeness (QED) is 0.810. The minimum absolute atomic E-state index is 0.0875. The monoisotopic (exact) mass is 367 g/mol. The van der Waals surface area contributed by atoms with Crippen molar-refractivity contribution in [2.24, 2.45) is 5.73 Å². The van der Waals surface area contributed by atoms with Crippen LogP contribution < -0.4 is 5.73 Å². The van der Waals surface area contributed by atoms with Crippen molar-refractivity contribution < 1.29 is 17.9 Å². The Labute approximate surface area is 144 Å². The van der Waals surface area contributed by atoms with Crippen LogP contribution >= 0.6 is 11.3 Å². The van der Waals surface area contributed by atoms with E-state index in [2.05, 4.69) is 9.72 Å². The van der Waals surface area contributed by atoms with Crippen LogP contribution in [-0.4, -0.2) is 49.9 Å². The van der Waals surface area contributed by atoms with Crippen molar-refractivity contribution in [3.8, 4) is 0 Å². The van der Waals surface area contributed by atoms with Crippen molar-refractivity contribution in [2.75, 3.05) is 20.2 Å². The first-order valence-electron chi connectivity index (χ1n) is 7.27. The van der Waals surface area contributed by atoms with Crippen LogP contribution in [-0.2, 0) is 14.8 Å². The lowest BCUT2D eigenvalue weighted by Gasteiger charge is -2.16. The van der Waals surface area contributed by atoms with Gasteiger partial charge in [-0.15, -0.1) is 11.3 Å². The molecule has 24 heavy (non-hydrogen) atoms. The molecule has 0 spiro atoms. The summed E-state index contributed by atoms with van der Waals surface area (Å²) in [6.07, 6.45) is 0. The van der Waals surface area contributed by atoms with E-state index in [9.17, 15) is 13.2 Å². The van der Waals surface area contributed by atoms with Crippen molar-refractivity contribution in [1.82, 2.24) is 9.29 Å². The molecule has 1 aromatic heterocycles. The fraction of sp³-hybridized carbons (Fsp3) is 0.333. The molecule has 3 rings (SSSR count). The van der Waals surface area contributed by atoms with E-state index in [0.29, 0.717) is 0 Å². The molecule has 1 aliphatic rings. The highest BCUT2D eigenvalue weighted by molar-refractivity contribution is 7.91. The molecule has 1 fully saturated rings. The second-order valence-electron chi connectivity index (χ2n) is 5.48. The number of nitrogens with two attached hydrogens (primary N) is 1. The topological polar surface area (TPSA) is 103 Å². The molecule has 2 N–H and O–H groups in total. The van der Waals surface area contributed by atoms with Gasteiger partial charge in [-0.3, -0.25) is 0 Å². The summed E-state index contributed by atoms with van der Waals surface area (Å²) in [5.41, 5.74) is 8.31. The van der Waals surface area contributed by atoms with E-state index in [1.54, 1.807) is 0 Å². The molecule has 7 nitrogen and oxygen atoms in total. The Morgan fingerprint density at radius 2 is 2.04 bits per heavy atom. The Morgan fingerprint density at radius 3 is 2.71 bits per heavy atom. The van der Waals surface area contributed by atoms with Gasteiger partial charge in [0.05, 0.1) is 12.6 Å². The van der Waals surface area contributed by atoms with Crippen LogP contribution in [0.4, 0.5) is 0 Å². The molecule has 2 heterocycles. The molecule has 0 unspecified atom stereocenters. The Morgan fingerprint density at radius 1 is 1.33 bits per heavy atom. The number of carbonyl (C=O) groups is 1. The molecule has 1 aromatic carbocycles. The molecule has 9 heteroatoms. The van der Waals surface area contributed by atoms with Crippen LogP contribution in [0.3, 0.4) is 0 Å². The van der Waals surface area contributed by atoms with Crippen LogP contribution in [0, 0.1) is 0 Å². The smallest absolute Gasteiger partial charge is 0.358 e. The first-order valence-corrected chi connectivity index (χ1v) is 9.59. The summed E-state index contributed by atoms with van der Waals surface area (Å²) in [4.78, 5) is 15.5. The van der Waals surface area contributed by atoms with E-state index >= 15 is 0 Å². The van der Waals surface area contributed by atoms with Crippen LogP contribution in [0.25, 0.3) is 0 Å². The molecule has 0 saturated carbocycles. The lowest BCUT2D eigenvalue weighted by molar-refractivity contribution is 0.0590. The maximum Gasteiger partial charge on any atom is 0.358 e. The number of ether oxygens (including phenoxy) is 1. The largest absolute Gasteiger partial charge is 0.464 e. The summed E-state index contributed by atoms with van der Waals surface area (Å²) in [5.74, 6) is -0.853. The molecular weight excluding hydrogens is 350 g/mol. The zero-order valence-electron chi connectivity index (χ0n) is 13.0. The zero-order chi connectivity index (χ0) is 17.3. The number of carbonyl (C=O) groups excluding carboxylic acids is 1. The van der Waals surface area contributed by atoms with Gasteiger partial charge in [0.1, 0.15) is 0 Å². The number of benzene rings is 1. The number of nitrogens with zero attached hydrogens (tertiary/aromatic N) is 2. The van der Waals surface area contributed by atoms with Crippen LogP contribution in [0.2, 0.25) is 0 Å². The van der Waals surface area contributed by atoms with Crippen LogP contribution in [0.5, 0.6) is 0 Å². The number of rotatable bonds is 4. The molecule has 128 valence electrons. The first-order chi connectivity index (χ1) is 11.4. The minimum atomic E-state index is -3.85. The molecule has 0 aliphatic carbocycles. The van der Waals surface area contributed by atoms with Crippen molar-refractivity contribution in [3.05, 3.63) is 47.1 Å². The van der Waals surface area contributed by atoms with Crippen molar-refractivity contribution >= 4 is 27.3 Å². The first kappa shape index (κ1) is 17.0. The molecule has 1 saturated heterocycles. The van der Waals surface area contributed by atoms with Crippen molar-refractivity contribution in [3.63, 3.8) is 0 Å².